The minimum Gasteiger partial charge on any atom is -0.354 e. The molecule has 1 atom stereocenters. The van der Waals surface area contributed by atoms with Crippen LogP contribution < -0.4 is 5.32 Å². The predicted molar refractivity (Wildman–Crippen MR) is 65.6 cm³/mol. The number of likely N-dealkylation sites (N-methyl/N-ethyl adjacent to an activating group) is 1. The topological polar surface area (TPSA) is 63.1 Å². The molecule has 1 aromatic heterocycles. The third-order valence-electron chi connectivity index (χ3n) is 2.84. The predicted octanol–water partition coefficient (Wildman–Crippen LogP) is -0.0932. The van der Waals surface area contributed by atoms with Gasteiger partial charge in [0.15, 0.2) is 0 Å². The largest absolute Gasteiger partial charge is 0.354 e. The fraction of sp³-hybridized carbons (Fsp3) is 0.727. The Morgan fingerprint density at radius 3 is 2.88 bits per heavy atom. The van der Waals surface area contributed by atoms with Gasteiger partial charge in [0.1, 0.15) is 12.2 Å². The molecule has 0 saturated carbocycles. The summed E-state index contributed by atoms with van der Waals surface area (Å²) in [6, 6.07) is -0.112. The number of rotatable bonds is 6. The van der Waals surface area contributed by atoms with E-state index in [0.29, 0.717) is 13.0 Å². The summed E-state index contributed by atoms with van der Waals surface area (Å²) in [4.78, 5) is 13.6. The highest BCUT2D eigenvalue weighted by atomic mass is 16.2. The Hall–Kier alpha value is -1.43. The van der Waals surface area contributed by atoms with Gasteiger partial charge in [-0.25, -0.2) is 0 Å². The maximum absolute atomic E-state index is 11.7. The smallest absolute Gasteiger partial charge is 0.237 e. The van der Waals surface area contributed by atoms with Crippen LogP contribution in [0.25, 0.3) is 0 Å². The second-order valence-corrected chi connectivity index (χ2v) is 4.21. The van der Waals surface area contributed by atoms with E-state index >= 15 is 0 Å². The van der Waals surface area contributed by atoms with E-state index in [-0.39, 0.29) is 11.9 Å². The number of carbonyl (C=O) groups excluding carboxylic acids is 1. The Balaban J connectivity index is 2.35. The minimum atomic E-state index is -0.112. The Bertz CT molecular complexity index is 360. The van der Waals surface area contributed by atoms with Gasteiger partial charge < -0.3 is 9.88 Å². The molecule has 1 amide bonds. The Morgan fingerprint density at radius 1 is 1.59 bits per heavy atom. The van der Waals surface area contributed by atoms with Crippen LogP contribution in [-0.4, -0.2) is 52.3 Å². The first-order chi connectivity index (χ1) is 8.06. The van der Waals surface area contributed by atoms with Crippen LogP contribution in [0.1, 0.15) is 19.7 Å². The maximum atomic E-state index is 11.7. The van der Waals surface area contributed by atoms with Gasteiger partial charge in [-0.05, 0) is 27.9 Å². The normalized spacial score (nSPS) is 12.8. The Kier molecular flexibility index (Phi) is 5.09. The molecule has 0 fully saturated rings. The van der Waals surface area contributed by atoms with Crippen molar-refractivity contribution in [2.75, 3.05) is 20.6 Å². The third-order valence-corrected chi connectivity index (χ3v) is 2.84. The molecule has 17 heavy (non-hydrogen) atoms. The highest BCUT2D eigenvalue weighted by molar-refractivity contribution is 5.81. The van der Waals surface area contributed by atoms with Crippen molar-refractivity contribution in [2.45, 2.75) is 32.9 Å². The molecule has 0 aliphatic carbocycles. The molecule has 1 unspecified atom stereocenters. The van der Waals surface area contributed by atoms with Gasteiger partial charge in [0.25, 0.3) is 0 Å². The van der Waals surface area contributed by atoms with Crippen molar-refractivity contribution in [1.82, 2.24) is 25.0 Å². The second kappa shape index (κ2) is 6.34. The molecular weight excluding hydrogens is 218 g/mol. The lowest BCUT2D eigenvalue weighted by molar-refractivity contribution is -0.124. The van der Waals surface area contributed by atoms with Gasteiger partial charge in [0.05, 0.1) is 6.04 Å². The van der Waals surface area contributed by atoms with Gasteiger partial charge in [-0.15, -0.1) is 10.2 Å². The van der Waals surface area contributed by atoms with Gasteiger partial charge >= 0.3 is 0 Å². The van der Waals surface area contributed by atoms with Gasteiger partial charge in [-0.3, -0.25) is 9.69 Å². The van der Waals surface area contributed by atoms with E-state index in [1.165, 1.54) is 0 Å². The molecule has 0 bridgehead atoms. The summed E-state index contributed by atoms with van der Waals surface area (Å²) in [6.45, 7) is 5.36. The zero-order valence-corrected chi connectivity index (χ0v) is 11.0. The molecule has 0 aliphatic heterocycles. The first-order valence-corrected chi connectivity index (χ1v) is 5.87. The average Bonchev–Trinajstić information content (AvgIpc) is 2.75. The summed E-state index contributed by atoms with van der Waals surface area (Å²) in [5.41, 5.74) is 0. The Morgan fingerprint density at radius 2 is 2.29 bits per heavy atom. The van der Waals surface area contributed by atoms with E-state index in [0.717, 1.165) is 12.4 Å². The number of amides is 1. The molecule has 0 aromatic carbocycles. The van der Waals surface area contributed by atoms with Gasteiger partial charge in [0, 0.05) is 19.5 Å². The van der Waals surface area contributed by atoms with Crippen molar-refractivity contribution in [3.8, 4) is 0 Å². The summed E-state index contributed by atoms with van der Waals surface area (Å²) >= 11 is 0. The van der Waals surface area contributed by atoms with E-state index in [1.807, 2.05) is 37.4 Å². The fourth-order valence-electron chi connectivity index (χ4n) is 1.42. The van der Waals surface area contributed by atoms with Crippen LogP contribution in [-0.2, 0) is 17.8 Å². The first-order valence-electron chi connectivity index (χ1n) is 5.87. The first kappa shape index (κ1) is 13.6. The molecular formula is C11H21N5O. The van der Waals surface area contributed by atoms with Crippen LogP contribution in [0.2, 0.25) is 0 Å². The van der Waals surface area contributed by atoms with Crippen molar-refractivity contribution < 1.29 is 4.79 Å². The van der Waals surface area contributed by atoms with E-state index in [1.54, 1.807) is 6.33 Å². The van der Waals surface area contributed by atoms with Gasteiger partial charge in [-0.1, -0.05) is 0 Å². The highest BCUT2D eigenvalue weighted by Crippen LogP contribution is 1.96. The Labute approximate surface area is 102 Å². The van der Waals surface area contributed by atoms with Crippen molar-refractivity contribution in [2.24, 2.45) is 0 Å². The lowest BCUT2D eigenvalue weighted by atomic mass is 10.3. The average molecular weight is 239 g/mol. The number of aryl methyl sites for hydroxylation is 1. The van der Waals surface area contributed by atoms with Crippen LogP contribution in [0.4, 0.5) is 0 Å². The standard InChI is InChI=1S/C11H21N5O/c1-5-16-8-13-14-10(16)6-7-12-11(17)9(2)15(3)4/h8-9H,5-7H2,1-4H3,(H,12,17). The van der Waals surface area contributed by atoms with Crippen molar-refractivity contribution >= 4 is 5.91 Å². The van der Waals surface area contributed by atoms with Crippen molar-refractivity contribution in [1.29, 1.82) is 0 Å². The molecule has 1 rings (SSSR count). The van der Waals surface area contributed by atoms with Crippen LogP contribution in [0, 0.1) is 0 Å². The number of hydrogen-bond acceptors (Lipinski definition) is 4. The van der Waals surface area contributed by atoms with Crippen molar-refractivity contribution in [3.05, 3.63) is 12.2 Å². The quantitative estimate of drug-likeness (QED) is 0.753. The minimum absolute atomic E-state index is 0.0394. The maximum Gasteiger partial charge on any atom is 0.237 e. The van der Waals surface area contributed by atoms with Crippen LogP contribution >= 0.6 is 0 Å². The highest BCUT2D eigenvalue weighted by Gasteiger charge is 2.14. The molecule has 0 saturated heterocycles. The summed E-state index contributed by atoms with van der Waals surface area (Å²) in [5.74, 6) is 0.947. The van der Waals surface area contributed by atoms with E-state index in [4.69, 9.17) is 0 Å². The fourth-order valence-corrected chi connectivity index (χ4v) is 1.42. The molecule has 1 N–H and O–H groups in total. The molecule has 1 aromatic rings. The molecule has 0 spiro atoms. The molecule has 0 radical (unpaired) electrons. The molecule has 6 nitrogen and oxygen atoms in total. The lowest BCUT2D eigenvalue weighted by Gasteiger charge is -2.18. The van der Waals surface area contributed by atoms with E-state index in [9.17, 15) is 4.79 Å². The van der Waals surface area contributed by atoms with Gasteiger partial charge in [0.2, 0.25) is 5.91 Å². The summed E-state index contributed by atoms with van der Waals surface area (Å²) in [7, 11) is 3.77. The molecule has 96 valence electrons. The molecule has 6 heteroatoms. The zero-order chi connectivity index (χ0) is 12.8. The monoisotopic (exact) mass is 239 g/mol. The van der Waals surface area contributed by atoms with Gasteiger partial charge in [-0.2, -0.15) is 0 Å². The van der Waals surface area contributed by atoms with Crippen molar-refractivity contribution in [3.63, 3.8) is 0 Å². The molecule has 1 heterocycles. The number of aromatic nitrogens is 3. The SMILES string of the molecule is CCn1cnnc1CCNC(=O)C(C)N(C)C. The number of hydrogen-bond donors (Lipinski definition) is 1. The zero-order valence-electron chi connectivity index (χ0n) is 11.0. The van der Waals surface area contributed by atoms with E-state index < -0.39 is 0 Å². The van der Waals surface area contributed by atoms with Crippen LogP contribution in [0.5, 0.6) is 0 Å². The summed E-state index contributed by atoms with van der Waals surface area (Å²) in [6.07, 6.45) is 2.42. The number of nitrogens with zero attached hydrogens (tertiary/aromatic N) is 4. The van der Waals surface area contributed by atoms with E-state index in [2.05, 4.69) is 15.5 Å². The number of nitrogens with one attached hydrogen (secondary N) is 1. The third kappa shape index (κ3) is 3.81. The summed E-state index contributed by atoms with van der Waals surface area (Å²) in [5, 5.41) is 10.8. The number of carbonyl (C=O) groups is 1. The van der Waals surface area contributed by atoms with Crippen LogP contribution in [0.3, 0.4) is 0 Å². The molecule has 0 aliphatic rings. The summed E-state index contributed by atoms with van der Waals surface area (Å²) < 4.78 is 1.97. The van der Waals surface area contributed by atoms with Crippen LogP contribution in [0.15, 0.2) is 6.33 Å². The lowest BCUT2D eigenvalue weighted by Crippen LogP contribution is -2.42. The second-order valence-electron chi connectivity index (χ2n) is 4.21.